The quantitative estimate of drug-likeness (QED) is 0.591. The van der Waals surface area contributed by atoms with Gasteiger partial charge in [-0.05, 0) is 35.0 Å². The molecular formula is C12H18BrFN2O3S. The Balaban J connectivity index is 3.11. The molecular weight excluding hydrogens is 351 g/mol. The highest BCUT2D eigenvalue weighted by molar-refractivity contribution is 9.10. The van der Waals surface area contributed by atoms with E-state index < -0.39 is 20.7 Å². The maximum absolute atomic E-state index is 13.9. The van der Waals surface area contributed by atoms with Crippen LogP contribution in [0.4, 0.5) is 10.1 Å². The number of hydrogen-bond acceptors (Lipinski definition) is 4. The van der Waals surface area contributed by atoms with Crippen molar-refractivity contribution in [3.8, 4) is 0 Å². The number of nitrogen functional groups attached to an aromatic ring is 1. The molecule has 0 bridgehead atoms. The molecule has 0 aliphatic rings. The third-order valence-electron chi connectivity index (χ3n) is 2.71. The minimum Gasteiger partial charge on any atom is -0.398 e. The summed E-state index contributed by atoms with van der Waals surface area (Å²) in [5, 5.41) is 0. The molecule has 0 aliphatic heterocycles. The van der Waals surface area contributed by atoms with E-state index in [0.717, 1.165) is 16.4 Å². The lowest BCUT2D eigenvalue weighted by atomic mass is 10.3. The van der Waals surface area contributed by atoms with E-state index in [4.69, 9.17) is 10.5 Å². The van der Waals surface area contributed by atoms with Gasteiger partial charge in [-0.1, -0.05) is 6.92 Å². The van der Waals surface area contributed by atoms with Crippen molar-refractivity contribution < 1.29 is 17.5 Å². The third kappa shape index (κ3) is 3.91. The van der Waals surface area contributed by atoms with E-state index in [-0.39, 0.29) is 25.4 Å². The fourth-order valence-corrected chi connectivity index (χ4v) is 3.47. The van der Waals surface area contributed by atoms with Gasteiger partial charge in [-0.15, -0.1) is 0 Å². The Hall–Kier alpha value is -0.700. The predicted molar refractivity (Wildman–Crippen MR) is 79.4 cm³/mol. The van der Waals surface area contributed by atoms with Gasteiger partial charge < -0.3 is 10.5 Å². The molecule has 1 aromatic carbocycles. The van der Waals surface area contributed by atoms with Gasteiger partial charge in [0, 0.05) is 29.9 Å². The summed E-state index contributed by atoms with van der Waals surface area (Å²) >= 11 is 3.06. The fourth-order valence-electron chi connectivity index (χ4n) is 1.64. The summed E-state index contributed by atoms with van der Waals surface area (Å²) in [5.41, 5.74) is 5.80. The first-order chi connectivity index (χ1) is 9.34. The standard InChI is InChI=1S/C12H18BrFN2O3S/c1-3-16(5-6-19-4-2)20(17,18)12-8-11(15)9(13)7-10(12)14/h7-8H,3-6,15H2,1-2H3. The minimum absolute atomic E-state index is 0.169. The van der Waals surface area contributed by atoms with Crippen molar-refractivity contribution in [1.29, 1.82) is 0 Å². The molecule has 0 saturated carbocycles. The summed E-state index contributed by atoms with van der Waals surface area (Å²) in [6, 6.07) is 2.18. The number of nitrogens with two attached hydrogens (primary N) is 1. The Morgan fingerprint density at radius 2 is 2.05 bits per heavy atom. The highest BCUT2D eigenvalue weighted by Crippen LogP contribution is 2.27. The topological polar surface area (TPSA) is 72.6 Å². The van der Waals surface area contributed by atoms with Crippen molar-refractivity contribution in [3.05, 3.63) is 22.4 Å². The number of hydrogen-bond donors (Lipinski definition) is 1. The number of likely N-dealkylation sites (N-methyl/N-ethyl adjacent to an activating group) is 1. The van der Waals surface area contributed by atoms with Gasteiger partial charge >= 0.3 is 0 Å². The zero-order chi connectivity index (χ0) is 15.3. The summed E-state index contributed by atoms with van der Waals surface area (Å²) < 4.78 is 45.3. The maximum Gasteiger partial charge on any atom is 0.246 e. The van der Waals surface area contributed by atoms with Crippen LogP contribution in [-0.4, -0.2) is 39.0 Å². The second-order valence-corrected chi connectivity index (χ2v) is 6.76. The Kier molecular flexibility index (Phi) is 6.38. The van der Waals surface area contributed by atoms with Crippen LogP contribution in [0.15, 0.2) is 21.5 Å². The second-order valence-electron chi connectivity index (χ2n) is 4.00. The van der Waals surface area contributed by atoms with Gasteiger partial charge in [0.25, 0.3) is 0 Å². The zero-order valence-electron chi connectivity index (χ0n) is 11.4. The van der Waals surface area contributed by atoms with Gasteiger partial charge in [-0.25, -0.2) is 12.8 Å². The third-order valence-corrected chi connectivity index (χ3v) is 5.39. The summed E-state index contributed by atoms with van der Waals surface area (Å²) in [7, 11) is -3.92. The van der Waals surface area contributed by atoms with Crippen LogP contribution in [0.5, 0.6) is 0 Å². The number of nitrogens with zero attached hydrogens (tertiary/aromatic N) is 1. The highest BCUT2D eigenvalue weighted by atomic mass is 79.9. The van der Waals surface area contributed by atoms with Gasteiger partial charge in [0.15, 0.2) is 0 Å². The molecule has 2 N–H and O–H groups in total. The minimum atomic E-state index is -3.92. The van der Waals surface area contributed by atoms with Crippen molar-refractivity contribution in [2.24, 2.45) is 0 Å². The van der Waals surface area contributed by atoms with E-state index in [2.05, 4.69) is 15.9 Å². The van der Waals surface area contributed by atoms with Gasteiger partial charge in [0.05, 0.1) is 6.61 Å². The molecule has 0 atom stereocenters. The number of rotatable bonds is 7. The molecule has 1 aromatic rings. The highest BCUT2D eigenvalue weighted by Gasteiger charge is 2.27. The maximum atomic E-state index is 13.9. The zero-order valence-corrected chi connectivity index (χ0v) is 13.8. The molecule has 114 valence electrons. The second kappa shape index (κ2) is 7.35. The number of halogens is 2. The molecule has 5 nitrogen and oxygen atoms in total. The summed E-state index contributed by atoms with van der Waals surface area (Å²) in [6.07, 6.45) is 0. The number of sulfonamides is 1. The first-order valence-electron chi connectivity index (χ1n) is 6.17. The van der Waals surface area contributed by atoms with Crippen LogP contribution in [0, 0.1) is 5.82 Å². The van der Waals surface area contributed by atoms with E-state index in [0.29, 0.717) is 11.1 Å². The Morgan fingerprint density at radius 3 is 2.60 bits per heavy atom. The van der Waals surface area contributed by atoms with Crippen molar-refractivity contribution in [3.63, 3.8) is 0 Å². The lowest BCUT2D eigenvalue weighted by Gasteiger charge is -2.21. The molecule has 1 rings (SSSR count). The predicted octanol–water partition coefficient (Wildman–Crippen LogP) is 2.22. The van der Waals surface area contributed by atoms with Crippen LogP contribution in [-0.2, 0) is 14.8 Å². The van der Waals surface area contributed by atoms with Crippen molar-refractivity contribution in [2.45, 2.75) is 18.7 Å². The largest absolute Gasteiger partial charge is 0.398 e. The summed E-state index contributed by atoms with van der Waals surface area (Å²) in [5.74, 6) is -0.832. The Labute approximate surface area is 127 Å². The van der Waals surface area contributed by atoms with Crippen LogP contribution < -0.4 is 5.73 Å². The van der Waals surface area contributed by atoms with Crippen LogP contribution in [0.1, 0.15) is 13.8 Å². The average Bonchev–Trinajstić information content (AvgIpc) is 2.38. The molecule has 0 spiro atoms. The lowest BCUT2D eigenvalue weighted by molar-refractivity contribution is 0.135. The Bertz CT molecular complexity index is 566. The molecule has 20 heavy (non-hydrogen) atoms. The van der Waals surface area contributed by atoms with E-state index >= 15 is 0 Å². The molecule has 0 aliphatic carbocycles. The summed E-state index contributed by atoms with van der Waals surface area (Å²) in [6.45, 7) is 4.66. The monoisotopic (exact) mass is 368 g/mol. The molecule has 0 aromatic heterocycles. The number of anilines is 1. The van der Waals surface area contributed by atoms with Crippen LogP contribution in [0.3, 0.4) is 0 Å². The Morgan fingerprint density at radius 1 is 1.40 bits per heavy atom. The SMILES string of the molecule is CCOCCN(CC)S(=O)(=O)c1cc(N)c(Br)cc1F. The van der Waals surface area contributed by atoms with E-state index in [9.17, 15) is 12.8 Å². The first kappa shape index (κ1) is 17.4. The van der Waals surface area contributed by atoms with Crippen molar-refractivity contribution in [1.82, 2.24) is 4.31 Å². The first-order valence-corrected chi connectivity index (χ1v) is 8.40. The van der Waals surface area contributed by atoms with Gasteiger partial charge in [-0.3, -0.25) is 0 Å². The molecule has 0 heterocycles. The smallest absolute Gasteiger partial charge is 0.246 e. The summed E-state index contributed by atoms with van der Waals surface area (Å²) in [4.78, 5) is -0.420. The van der Waals surface area contributed by atoms with Crippen molar-refractivity contribution >= 4 is 31.6 Å². The molecule has 0 radical (unpaired) electrons. The average molecular weight is 369 g/mol. The molecule has 0 fully saturated rings. The van der Waals surface area contributed by atoms with Gasteiger partial charge in [-0.2, -0.15) is 4.31 Å². The molecule has 0 amide bonds. The molecule has 8 heteroatoms. The lowest BCUT2D eigenvalue weighted by Crippen LogP contribution is -2.34. The normalized spacial score (nSPS) is 12.1. The van der Waals surface area contributed by atoms with E-state index in [1.54, 1.807) is 6.92 Å². The molecule has 0 unspecified atom stereocenters. The van der Waals surface area contributed by atoms with Crippen molar-refractivity contribution in [2.75, 3.05) is 32.0 Å². The van der Waals surface area contributed by atoms with Gasteiger partial charge in [0.1, 0.15) is 10.7 Å². The van der Waals surface area contributed by atoms with Crippen LogP contribution in [0.25, 0.3) is 0 Å². The van der Waals surface area contributed by atoms with E-state index in [1.807, 2.05) is 6.92 Å². The molecule has 0 saturated heterocycles. The number of ether oxygens (including phenoxy) is 1. The van der Waals surface area contributed by atoms with Gasteiger partial charge in [0.2, 0.25) is 10.0 Å². The fraction of sp³-hybridized carbons (Fsp3) is 0.500. The van der Waals surface area contributed by atoms with E-state index in [1.165, 1.54) is 0 Å². The van der Waals surface area contributed by atoms with Crippen LogP contribution in [0.2, 0.25) is 0 Å². The number of benzene rings is 1. The van der Waals surface area contributed by atoms with Crippen LogP contribution >= 0.6 is 15.9 Å².